The maximum atomic E-state index is 11.8. The van der Waals surface area contributed by atoms with Gasteiger partial charge in [-0.15, -0.1) is 0 Å². The lowest BCUT2D eigenvalue weighted by Gasteiger charge is -2.27. The highest BCUT2D eigenvalue weighted by Gasteiger charge is 2.29. The Labute approximate surface area is 100 Å². The Morgan fingerprint density at radius 3 is 2.53 bits per heavy atom. The molecule has 2 N–H and O–H groups in total. The number of hydrogen-bond acceptors (Lipinski definition) is 4. The van der Waals surface area contributed by atoms with E-state index >= 15 is 0 Å². The molecule has 2 rings (SSSR count). The summed E-state index contributed by atoms with van der Waals surface area (Å²) in [7, 11) is 4.97. The fraction of sp³-hybridized carbons (Fsp3) is 0.417. The lowest BCUT2D eigenvalue weighted by molar-refractivity contribution is -0.118. The Hall–Kier alpha value is -1.75. The lowest BCUT2D eigenvalue weighted by Crippen LogP contribution is -2.43. The normalized spacial score (nSPS) is 18.3. The van der Waals surface area contributed by atoms with E-state index in [1.807, 2.05) is 6.07 Å². The minimum Gasteiger partial charge on any atom is -0.496 e. The Morgan fingerprint density at radius 1 is 1.29 bits per heavy atom. The molecule has 1 heterocycles. The van der Waals surface area contributed by atoms with Crippen LogP contribution in [0.15, 0.2) is 12.1 Å². The molecule has 0 aromatic heterocycles. The molecular weight excluding hydrogens is 220 g/mol. The van der Waals surface area contributed by atoms with Gasteiger partial charge in [0.25, 0.3) is 0 Å². The van der Waals surface area contributed by atoms with E-state index in [1.54, 1.807) is 27.3 Å². The van der Waals surface area contributed by atoms with Crippen LogP contribution < -0.4 is 20.1 Å². The summed E-state index contributed by atoms with van der Waals surface area (Å²) in [6, 6.07) is 3.41. The highest BCUT2D eigenvalue weighted by Crippen LogP contribution is 2.38. The predicted molar refractivity (Wildman–Crippen MR) is 64.7 cm³/mol. The quantitative estimate of drug-likeness (QED) is 0.814. The molecule has 1 atom stereocenters. The van der Waals surface area contributed by atoms with Crippen molar-refractivity contribution in [1.29, 1.82) is 0 Å². The first-order valence-electron chi connectivity index (χ1n) is 5.43. The molecule has 1 aromatic carbocycles. The molecule has 0 fully saturated rings. The summed E-state index contributed by atoms with van der Waals surface area (Å²) in [5, 5.41) is 5.82. The SMILES string of the molecule is CNC1Cc2c(OC)ccc(OC)c2NC1=O. The Kier molecular flexibility index (Phi) is 3.19. The average molecular weight is 236 g/mol. The van der Waals surface area contributed by atoms with E-state index in [4.69, 9.17) is 9.47 Å². The van der Waals surface area contributed by atoms with Crippen molar-refractivity contribution in [2.75, 3.05) is 26.6 Å². The number of carbonyl (C=O) groups is 1. The number of rotatable bonds is 3. The van der Waals surface area contributed by atoms with Crippen molar-refractivity contribution in [3.05, 3.63) is 17.7 Å². The van der Waals surface area contributed by atoms with Gasteiger partial charge in [-0.2, -0.15) is 0 Å². The summed E-state index contributed by atoms with van der Waals surface area (Å²) in [5.74, 6) is 1.37. The van der Waals surface area contributed by atoms with E-state index in [9.17, 15) is 4.79 Å². The Bertz CT molecular complexity index is 446. The number of nitrogens with one attached hydrogen (secondary N) is 2. The predicted octanol–water partition coefficient (Wildman–Crippen LogP) is 0.786. The van der Waals surface area contributed by atoms with Gasteiger partial charge >= 0.3 is 0 Å². The van der Waals surface area contributed by atoms with Gasteiger partial charge in [-0.25, -0.2) is 0 Å². The Balaban J connectivity index is 2.50. The van der Waals surface area contributed by atoms with E-state index in [-0.39, 0.29) is 11.9 Å². The molecule has 5 nitrogen and oxygen atoms in total. The highest BCUT2D eigenvalue weighted by atomic mass is 16.5. The number of methoxy groups -OCH3 is 2. The first kappa shape index (κ1) is 11.7. The second kappa shape index (κ2) is 4.63. The molecule has 5 heteroatoms. The van der Waals surface area contributed by atoms with Crippen molar-refractivity contribution in [2.24, 2.45) is 0 Å². The number of benzene rings is 1. The van der Waals surface area contributed by atoms with Crippen molar-refractivity contribution in [2.45, 2.75) is 12.5 Å². The van der Waals surface area contributed by atoms with E-state index in [1.165, 1.54) is 0 Å². The number of ether oxygens (including phenoxy) is 2. The second-order valence-electron chi connectivity index (χ2n) is 3.86. The van der Waals surface area contributed by atoms with Gasteiger partial charge in [-0.05, 0) is 19.2 Å². The zero-order valence-corrected chi connectivity index (χ0v) is 10.2. The summed E-state index contributed by atoms with van der Waals surface area (Å²) in [6.07, 6.45) is 0.595. The molecule has 0 radical (unpaired) electrons. The molecule has 0 aliphatic carbocycles. The van der Waals surface area contributed by atoms with Gasteiger partial charge in [-0.1, -0.05) is 0 Å². The average Bonchev–Trinajstić information content (AvgIpc) is 2.36. The summed E-state index contributed by atoms with van der Waals surface area (Å²) >= 11 is 0. The summed E-state index contributed by atoms with van der Waals surface area (Å²) in [6.45, 7) is 0. The third kappa shape index (κ3) is 1.93. The van der Waals surface area contributed by atoms with Crippen LogP contribution in [0.25, 0.3) is 0 Å². The maximum Gasteiger partial charge on any atom is 0.241 e. The number of amides is 1. The smallest absolute Gasteiger partial charge is 0.241 e. The van der Waals surface area contributed by atoms with Crippen molar-refractivity contribution in [3.8, 4) is 11.5 Å². The van der Waals surface area contributed by atoms with Crippen molar-refractivity contribution >= 4 is 11.6 Å². The first-order chi connectivity index (χ1) is 8.21. The summed E-state index contributed by atoms with van der Waals surface area (Å²) in [4.78, 5) is 11.8. The molecule has 17 heavy (non-hydrogen) atoms. The van der Waals surface area contributed by atoms with Gasteiger partial charge in [0.1, 0.15) is 11.5 Å². The van der Waals surface area contributed by atoms with Crippen LogP contribution in [0.5, 0.6) is 11.5 Å². The van der Waals surface area contributed by atoms with Crippen LogP contribution in [0.1, 0.15) is 5.56 Å². The molecular formula is C12H16N2O3. The topological polar surface area (TPSA) is 59.6 Å². The Morgan fingerprint density at radius 2 is 1.94 bits per heavy atom. The largest absolute Gasteiger partial charge is 0.496 e. The molecule has 0 saturated carbocycles. The number of fused-ring (bicyclic) bond motifs is 1. The molecule has 1 aliphatic heterocycles. The van der Waals surface area contributed by atoms with Gasteiger partial charge in [0.05, 0.1) is 25.9 Å². The monoisotopic (exact) mass is 236 g/mol. The first-order valence-corrected chi connectivity index (χ1v) is 5.43. The lowest BCUT2D eigenvalue weighted by atomic mass is 9.97. The van der Waals surface area contributed by atoms with E-state index in [2.05, 4.69) is 10.6 Å². The van der Waals surface area contributed by atoms with Crippen molar-refractivity contribution in [3.63, 3.8) is 0 Å². The maximum absolute atomic E-state index is 11.8. The van der Waals surface area contributed by atoms with E-state index in [0.717, 1.165) is 11.3 Å². The summed E-state index contributed by atoms with van der Waals surface area (Å²) < 4.78 is 10.5. The number of likely N-dealkylation sites (N-methyl/N-ethyl adjacent to an activating group) is 1. The van der Waals surface area contributed by atoms with Gasteiger partial charge in [-0.3, -0.25) is 4.79 Å². The highest BCUT2D eigenvalue weighted by molar-refractivity contribution is 6.00. The van der Waals surface area contributed by atoms with Crippen LogP contribution in [0.3, 0.4) is 0 Å². The molecule has 1 unspecified atom stereocenters. The third-order valence-electron chi connectivity index (χ3n) is 2.99. The van der Waals surface area contributed by atoms with E-state index in [0.29, 0.717) is 17.9 Å². The summed E-state index contributed by atoms with van der Waals surface area (Å²) in [5.41, 5.74) is 1.68. The zero-order valence-electron chi connectivity index (χ0n) is 10.2. The minimum atomic E-state index is -0.233. The van der Waals surface area contributed by atoms with Crippen LogP contribution in [-0.4, -0.2) is 33.2 Å². The van der Waals surface area contributed by atoms with Crippen LogP contribution in [0.2, 0.25) is 0 Å². The van der Waals surface area contributed by atoms with Gasteiger partial charge < -0.3 is 20.1 Å². The standard InChI is InChI=1S/C12H16N2O3/c1-13-8-6-7-9(16-2)4-5-10(17-3)11(7)14-12(8)15/h4-5,8,13H,6H2,1-3H3,(H,14,15). The fourth-order valence-electron chi connectivity index (χ4n) is 2.05. The van der Waals surface area contributed by atoms with E-state index < -0.39 is 0 Å². The van der Waals surface area contributed by atoms with Crippen LogP contribution in [-0.2, 0) is 11.2 Å². The van der Waals surface area contributed by atoms with Gasteiger partial charge in [0, 0.05) is 12.0 Å². The molecule has 0 spiro atoms. The zero-order chi connectivity index (χ0) is 12.4. The van der Waals surface area contributed by atoms with Gasteiger partial charge in [0.15, 0.2) is 0 Å². The molecule has 92 valence electrons. The fourth-order valence-corrected chi connectivity index (χ4v) is 2.05. The van der Waals surface area contributed by atoms with Crippen LogP contribution in [0, 0.1) is 0 Å². The van der Waals surface area contributed by atoms with Crippen molar-refractivity contribution in [1.82, 2.24) is 5.32 Å². The molecule has 1 aromatic rings. The number of hydrogen-bond donors (Lipinski definition) is 2. The second-order valence-corrected chi connectivity index (χ2v) is 3.86. The number of carbonyl (C=O) groups excluding carboxylic acids is 1. The third-order valence-corrected chi connectivity index (χ3v) is 2.99. The van der Waals surface area contributed by atoms with Crippen LogP contribution in [0.4, 0.5) is 5.69 Å². The minimum absolute atomic E-state index is 0.0495. The van der Waals surface area contributed by atoms with Crippen LogP contribution >= 0.6 is 0 Å². The number of anilines is 1. The van der Waals surface area contributed by atoms with Crippen molar-refractivity contribution < 1.29 is 14.3 Å². The molecule has 0 bridgehead atoms. The van der Waals surface area contributed by atoms with Gasteiger partial charge in [0.2, 0.25) is 5.91 Å². The molecule has 0 saturated heterocycles. The molecule has 1 aliphatic rings. The molecule has 1 amide bonds.